The first-order valence-corrected chi connectivity index (χ1v) is 6.97. The Morgan fingerprint density at radius 3 is 2.12 bits per heavy atom. The zero-order chi connectivity index (χ0) is 12.4. The molecule has 0 radical (unpaired) electrons. The molecule has 2 nitrogen and oxygen atoms in total. The SMILES string of the molecule is CCCCCCC(C)NC(C)CCN(C)C. The van der Waals surface area contributed by atoms with E-state index in [-0.39, 0.29) is 0 Å². The Hall–Kier alpha value is -0.0800. The summed E-state index contributed by atoms with van der Waals surface area (Å²) in [6.07, 6.45) is 8.07. The summed E-state index contributed by atoms with van der Waals surface area (Å²) >= 11 is 0. The largest absolute Gasteiger partial charge is 0.312 e. The van der Waals surface area contributed by atoms with E-state index in [1.54, 1.807) is 0 Å². The quantitative estimate of drug-likeness (QED) is 0.577. The second-order valence-corrected chi connectivity index (χ2v) is 5.41. The summed E-state index contributed by atoms with van der Waals surface area (Å²) in [5.74, 6) is 0. The fourth-order valence-electron chi connectivity index (χ4n) is 1.98. The molecule has 0 saturated heterocycles. The fraction of sp³-hybridized carbons (Fsp3) is 1.00. The third kappa shape index (κ3) is 10.4. The average molecular weight is 228 g/mol. The van der Waals surface area contributed by atoms with Crippen molar-refractivity contribution in [2.24, 2.45) is 0 Å². The van der Waals surface area contributed by atoms with Gasteiger partial charge in [0.1, 0.15) is 0 Å². The molecule has 0 bridgehead atoms. The normalized spacial score (nSPS) is 15.4. The molecule has 16 heavy (non-hydrogen) atoms. The standard InChI is InChI=1S/C14H32N2/c1-6-7-8-9-10-13(2)15-14(3)11-12-16(4)5/h13-15H,6-12H2,1-5H3. The van der Waals surface area contributed by atoms with E-state index in [9.17, 15) is 0 Å². The van der Waals surface area contributed by atoms with E-state index in [2.05, 4.69) is 45.1 Å². The summed E-state index contributed by atoms with van der Waals surface area (Å²) in [7, 11) is 4.28. The monoisotopic (exact) mass is 228 g/mol. The van der Waals surface area contributed by atoms with Crippen LogP contribution >= 0.6 is 0 Å². The Balaban J connectivity index is 3.42. The van der Waals surface area contributed by atoms with Gasteiger partial charge >= 0.3 is 0 Å². The van der Waals surface area contributed by atoms with Gasteiger partial charge in [-0.25, -0.2) is 0 Å². The van der Waals surface area contributed by atoms with Gasteiger partial charge in [0.25, 0.3) is 0 Å². The molecule has 0 amide bonds. The number of unbranched alkanes of at least 4 members (excludes halogenated alkanes) is 3. The van der Waals surface area contributed by atoms with Crippen molar-refractivity contribution in [1.29, 1.82) is 0 Å². The summed E-state index contributed by atoms with van der Waals surface area (Å²) in [6, 6.07) is 1.32. The van der Waals surface area contributed by atoms with Gasteiger partial charge in [0.2, 0.25) is 0 Å². The van der Waals surface area contributed by atoms with Crippen LogP contribution in [-0.2, 0) is 0 Å². The zero-order valence-electron chi connectivity index (χ0n) is 12.1. The molecule has 0 rings (SSSR count). The fourth-order valence-corrected chi connectivity index (χ4v) is 1.98. The molecule has 0 aliphatic heterocycles. The summed E-state index contributed by atoms with van der Waals surface area (Å²) in [5.41, 5.74) is 0. The lowest BCUT2D eigenvalue weighted by atomic mass is 10.1. The Morgan fingerprint density at radius 1 is 0.938 bits per heavy atom. The van der Waals surface area contributed by atoms with Gasteiger partial charge in [0.05, 0.1) is 0 Å². The molecule has 0 aromatic heterocycles. The Bertz CT molecular complexity index is 146. The molecule has 2 atom stereocenters. The molecule has 0 spiro atoms. The summed E-state index contributed by atoms with van der Waals surface area (Å²) < 4.78 is 0. The van der Waals surface area contributed by atoms with Crippen LogP contribution in [0.1, 0.15) is 59.3 Å². The van der Waals surface area contributed by atoms with Gasteiger partial charge in [-0.1, -0.05) is 32.6 Å². The molecule has 0 heterocycles. The van der Waals surface area contributed by atoms with Gasteiger partial charge in [-0.2, -0.15) is 0 Å². The minimum absolute atomic E-state index is 0.642. The van der Waals surface area contributed by atoms with Crippen LogP contribution < -0.4 is 5.32 Å². The Kier molecular flexibility index (Phi) is 10.0. The van der Waals surface area contributed by atoms with E-state index >= 15 is 0 Å². The number of nitrogens with zero attached hydrogens (tertiary/aromatic N) is 1. The molecule has 1 N–H and O–H groups in total. The summed E-state index contributed by atoms with van der Waals surface area (Å²) in [6.45, 7) is 8.06. The topological polar surface area (TPSA) is 15.3 Å². The molecule has 98 valence electrons. The first-order chi connectivity index (χ1) is 7.56. The predicted octanol–water partition coefficient (Wildman–Crippen LogP) is 3.28. The highest BCUT2D eigenvalue weighted by Gasteiger charge is 2.07. The van der Waals surface area contributed by atoms with Crippen LogP contribution in [0, 0.1) is 0 Å². The number of hydrogen-bond acceptors (Lipinski definition) is 2. The van der Waals surface area contributed by atoms with Gasteiger partial charge in [-0.05, 0) is 47.3 Å². The van der Waals surface area contributed by atoms with Crippen molar-refractivity contribution in [3.63, 3.8) is 0 Å². The minimum Gasteiger partial charge on any atom is -0.312 e. The smallest absolute Gasteiger partial charge is 0.00533 e. The lowest BCUT2D eigenvalue weighted by Crippen LogP contribution is -2.36. The van der Waals surface area contributed by atoms with Crippen LogP contribution in [-0.4, -0.2) is 37.6 Å². The van der Waals surface area contributed by atoms with E-state index in [0.717, 1.165) is 0 Å². The maximum absolute atomic E-state index is 3.69. The summed E-state index contributed by atoms with van der Waals surface area (Å²) in [5, 5.41) is 3.69. The van der Waals surface area contributed by atoms with Crippen LogP contribution in [0.5, 0.6) is 0 Å². The first-order valence-electron chi connectivity index (χ1n) is 6.97. The first kappa shape index (κ1) is 15.9. The third-order valence-electron chi connectivity index (χ3n) is 3.07. The van der Waals surface area contributed by atoms with Crippen LogP contribution in [0.2, 0.25) is 0 Å². The van der Waals surface area contributed by atoms with Crippen molar-refractivity contribution in [3.8, 4) is 0 Å². The number of rotatable bonds is 10. The average Bonchev–Trinajstić information content (AvgIpc) is 2.21. The van der Waals surface area contributed by atoms with Gasteiger partial charge < -0.3 is 10.2 Å². The maximum Gasteiger partial charge on any atom is 0.00533 e. The van der Waals surface area contributed by atoms with Crippen molar-refractivity contribution in [2.45, 2.75) is 71.4 Å². The molecule has 0 saturated carbocycles. The van der Waals surface area contributed by atoms with Crippen LogP contribution in [0.3, 0.4) is 0 Å². The second kappa shape index (κ2) is 10.1. The van der Waals surface area contributed by atoms with E-state index in [1.807, 2.05) is 0 Å². The Labute approximate surface area is 103 Å². The second-order valence-electron chi connectivity index (χ2n) is 5.41. The van der Waals surface area contributed by atoms with Crippen LogP contribution in [0.15, 0.2) is 0 Å². The van der Waals surface area contributed by atoms with Crippen molar-refractivity contribution < 1.29 is 0 Å². The number of hydrogen-bond donors (Lipinski definition) is 1. The van der Waals surface area contributed by atoms with Crippen molar-refractivity contribution in [3.05, 3.63) is 0 Å². The van der Waals surface area contributed by atoms with E-state index in [1.165, 1.54) is 45.1 Å². The molecule has 2 unspecified atom stereocenters. The number of nitrogens with one attached hydrogen (secondary N) is 1. The molecule has 0 aromatic rings. The van der Waals surface area contributed by atoms with Crippen LogP contribution in [0.4, 0.5) is 0 Å². The molecular weight excluding hydrogens is 196 g/mol. The molecule has 2 heteroatoms. The molecule has 0 aliphatic rings. The Morgan fingerprint density at radius 2 is 1.56 bits per heavy atom. The highest BCUT2D eigenvalue weighted by atomic mass is 15.1. The van der Waals surface area contributed by atoms with Gasteiger partial charge in [-0.15, -0.1) is 0 Å². The molecule has 0 aromatic carbocycles. The zero-order valence-corrected chi connectivity index (χ0v) is 12.1. The highest BCUT2D eigenvalue weighted by Crippen LogP contribution is 2.06. The molecule has 0 fully saturated rings. The third-order valence-corrected chi connectivity index (χ3v) is 3.07. The van der Waals surface area contributed by atoms with Crippen LogP contribution in [0.25, 0.3) is 0 Å². The van der Waals surface area contributed by atoms with Crippen molar-refractivity contribution in [2.75, 3.05) is 20.6 Å². The minimum atomic E-state index is 0.642. The lowest BCUT2D eigenvalue weighted by molar-refractivity contribution is 0.346. The van der Waals surface area contributed by atoms with Crippen molar-refractivity contribution in [1.82, 2.24) is 10.2 Å². The van der Waals surface area contributed by atoms with Gasteiger partial charge in [-0.3, -0.25) is 0 Å². The summed E-state index contributed by atoms with van der Waals surface area (Å²) in [4.78, 5) is 2.25. The van der Waals surface area contributed by atoms with E-state index in [0.29, 0.717) is 12.1 Å². The lowest BCUT2D eigenvalue weighted by Gasteiger charge is -2.21. The highest BCUT2D eigenvalue weighted by molar-refractivity contribution is 4.68. The van der Waals surface area contributed by atoms with E-state index < -0.39 is 0 Å². The van der Waals surface area contributed by atoms with Gasteiger partial charge in [0, 0.05) is 12.1 Å². The van der Waals surface area contributed by atoms with Crippen molar-refractivity contribution >= 4 is 0 Å². The van der Waals surface area contributed by atoms with Gasteiger partial charge in [0.15, 0.2) is 0 Å². The maximum atomic E-state index is 3.69. The van der Waals surface area contributed by atoms with E-state index in [4.69, 9.17) is 0 Å². The molecule has 0 aliphatic carbocycles. The molecular formula is C14H32N2. The predicted molar refractivity (Wildman–Crippen MR) is 74.0 cm³/mol.